The van der Waals surface area contributed by atoms with Gasteiger partial charge in [-0.05, 0) is 100 Å². The Labute approximate surface area is 200 Å². The van der Waals surface area contributed by atoms with Crippen molar-refractivity contribution in [2.24, 2.45) is 29.6 Å². The van der Waals surface area contributed by atoms with Gasteiger partial charge < -0.3 is 4.74 Å². The van der Waals surface area contributed by atoms with Crippen molar-refractivity contribution < 1.29 is 9.53 Å². The van der Waals surface area contributed by atoms with Crippen molar-refractivity contribution in [1.29, 1.82) is 0 Å². The summed E-state index contributed by atoms with van der Waals surface area (Å²) in [6.45, 7) is 4.50. The Bertz CT molecular complexity index is 491. The lowest BCUT2D eigenvalue weighted by Crippen LogP contribution is -2.31. The molecule has 0 spiro atoms. The summed E-state index contributed by atoms with van der Waals surface area (Å²) in [7, 11) is 0. The van der Waals surface area contributed by atoms with Crippen LogP contribution in [-0.2, 0) is 9.53 Å². The Morgan fingerprint density at radius 2 is 1.06 bits per heavy atom. The molecule has 2 heteroatoms. The highest BCUT2D eigenvalue weighted by Crippen LogP contribution is 2.46. The molecular weight excluding hydrogens is 392 g/mol. The van der Waals surface area contributed by atoms with Gasteiger partial charge in [-0.15, -0.1) is 0 Å². The summed E-state index contributed by atoms with van der Waals surface area (Å²) < 4.78 is 5.78. The van der Waals surface area contributed by atoms with Crippen molar-refractivity contribution in [3.63, 3.8) is 0 Å². The number of unbranched alkanes of at least 4 members (excludes halogenated alkanes) is 5. The van der Waals surface area contributed by atoms with Crippen LogP contribution in [0.2, 0.25) is 0 Å². The Hall–Kier alpha value is -0.530. The lowest BCUT2D eigenvalue weighted by molar-refractivity contribution is -0.151. The minimum absolute atomic E-state index is 0.0538. The zero-order valence-electron chi connectivity index (χ0n) is 21.6. The van der Waals surface area contributed by atoms with Crippen LogP contribution in [0.15, 0.2) is 0 Å². The summed E-state index contributed by atoms with van der Waals surface area (Å²) >= 11 is 0. The monoisotopic (exact) mass is 446 g/mol. The summed E-state index contributed by atoms with van der Waals surface area (Å²) in [4.78, 5) is 12.0. The second kappa shape index (κ2) is 14.7. The van der Waals surface area contributed by atoms with E-state index in [9.17, 15) is 4.79 Å². The van der Waals surface area contributed by atoms with Crippen LogP contribution in [0.4, 0.5) is 0 Å². The van der Waals surface area contributed by atoms with Crippen LogP contribution < -0.4 is 0 Å². The van der Waals surface area contributed by atoms with Crippen molar-refractivity contribution in [3.8, 4) is 0 Å². The Morgan fingerprint density at radius 1 is 0.594 bits per heavy atom. The van der Waals surface area contributed by atoms with Gasteiger partial charge in [-0.1, -0.05) is 71.6 Å². The van der Waals surface area contributed by atoms with Gasteiger partial charge in [0, 0.05) is 6.42 Å². The minimum atomic E-state index is 0.0538. The number of rotatable bonds is 12. The molecule has 0 unspecified atom stereocenters. The maximum atomic E-state index is 12.0. The van der Waals surface area contributed by atoms with E-state index in [0.29, 0.717) is 6.42 Å². The van der Waals surface area contributed by atoms with Crippen molar-refractivity contribution in [2.75, 3.05) is 0 Å². The Morgan fingerprint density at radius 3 is 1.59 bits per heavy atom. The molecule has 0 atom stereocenters. The molecule has 3 rings (SSSR count). The Kier molecular flexibility index (Phi) is 12.0. The third-order valence-electron chi connectivity index (χ3n) is 9.51. The van der Waals surface area contributed by atoms with Gasteiger partial charge in [0.15, 0.2) is 0 Å². The van der Waals surface area contributed by atoms with E-state index in [1.54, 1.807) is 0 Å². The average molecular weight is 447 g/mol. The zero-order chi connectivity index (χ0) is 22.6. The van der Waals surface area contributed by atoms with E-state index in [-0.39, 0.29) is 12.1 Å². The predicted molar refractivity (Wildman–Crippen MR) is 136 cm³/mol. The summed E-state index contributed by atoms with van der Waals surface area (Å²) in [5.74, 6) is 5.05. The molecule has 3 aliphatic carbocycles. The van der Waals surface area contributed by atoms with Crippen molar-refractivity contribution in [2.45, 2.75) is 155 Å². The van der Waals surface area contributed by atoms with Gasteiger partial charge in [0.2, 0.25) is 0 Å². The normalized spacial score (nSPS) is 33.7. The molecule has 0 aromatic heterocycles. The summed E-state index contributed by atoms with van der Waals surface area (Å²) in [6, 6.07) is 0. The molecule has 3 fully saturated rings. The highest BCUT2D eigenvalue weighted by molar-refractivity contribution is 5.69. The Balaban J connectivity index is 1.27. The van der Waals surface area contributed by atoms with Gasteiger partial charge >= 0.3 is 5.97 Å². The second-order valence-corrected chi connectivity index (χ2v) is 11.8. The van der Waals surface area contributed by atoms with Gasteiger partial charge in [0.1, 0.15) is 6.10 Å². The number of carbonyl (C=O) groups is 1. The van der Waals surface area contributed by atoms with Crippen molar-refractivity contribution >= 4 is 5.97 Å². The fourth-order valence-electron chi connectivity index (χ4n) is 7.34. The van der Waals surface area contributed by atoms with E-state index in [2.05, 4.69) is 13.8 Å². The number of ether oxygens (including phenoxy) is 1. The average Bonchev–Trinajstić information content (AvgIpc) is 2.83. The van der Waals surface area contributed by atoms with E-state index in [1.165, 1.54) is 103 Å². The molecule has 0 heterocycles. The van der Waals surface area contributed by atoms with Gasteiger partial charge in [0.05, 0.1) is 0 Å². The van der Waals surface area contributed by atoms with Crippen LogP contribution in [-0.4, -0.2) is 12.1 Å². The van der Waals surface area contributed by atoms with Crippen LogP contribution >= 0.6 is 0 Å². The van der Waals surface area contributed by atoms with Gasteiger partial charge in [-0.2, -0.15) is 0 Å². The molecular formula is C30H54O2. The lowest BCUT2D eigenvalue weighted by atomic mass is 9.65. The molecule has 0 radical (unpaired) electrons. The number of hydrogen-bond donors (Lipinski definition) is 0. The SMILES string of the molecule is CCCCCC[C@H]1CC[C@H]([C@H]2CC[C@H]([C@H]3CC[C@H](OC(=O)CCCCC)CC3)CC2)CC1. The third kappa shape index (κ3) is 8.68. The van der Waals surface area contributed by atoms with Gasteiger partial charge in [0.25, 0.3) is 0 Å². The van der Waals surface area contributed by atoms with Crippen LogP contribution in [0.1, 0.15) is 149 Å². The van der Waals surface area contributed by atoms with Crippen LogP contribution in [0.3, 0.4) is 0 Å². The molecule has 0 amide bonds. The molecule has 3 saturated carbocycles. The first-order valence-corrected chi connectivity index (χ1v) is 14.9. The molecule has 0 aromatic rings. The fourth-order valence-corrected chi connectivity index (χ4v) is 7.34. The first-order valence-electron chi connectivity index (χ1n) is 14.9. The maximum absolute atomic E-state index is 12.0. The smallest absolute Gasteiger partial charge is 0.306 e. The van der Waals surface area contributed by atoms with Crippen molar-refractivity contribution in [3.05, 3.63) is 0 Å². The number of carbonyl (C=O) groups excluding carboxylic acids is 1. The molecule has 0 aliphatic heterocycles. The van der Waals surface area contributed by atoms with Gasteiger partial charge in [-0.25, -0.2) is 0 Å². The van der Waals surface area contributed by atoms with E-state index in [4.69, 9.17) is 4.74 Å². The molecule has 3 aliphatic rings. The third-order valence-corrected chi connectivity index (χ3v) is 9.51. The minimum Gasteiger partial charge on any atom is -0.462 e. The highest BCUT2D eigenvalue weighted by atomic mass is 16.5. The molecule has 2 nitrogen and oxygen atoms in total. The van der Waals surface area contributed by atoms with E-state index in [1.807, 2.05) is 0 Å². The number of esters is 1. The topological polar surface area (TPSA) is 26.3 Å². The molecule has 0 N–H and O–H groups in total. The quantitative estimate of drug-likeness (QED) is 0.220. The molecule has 186 valence electrons. The van der Waals surface area contributed by atoms with Gasteiger partial charge in [-0.3, -0.25) is 4.79 Å². The molecule has 0 bridgehead atoms. The zero-order valence-corrected chi connectivity index (χ0v) is 21.6. The standard InChI is InChI=1S/C30H54O2/c1-3-5-7-9-10-24-12-14-25(15-13-24)26-16-18-27(19-17-26)28-20-22-29(23-21-28)32-30(31)11-8-6-4-2/h24-29H,3-23H2,1-2H3/t24-,25-,26-,27-,28-,29-. The van der Waals surface area contributed by atoms with Crippen LogP contribution in [0, 0.1) is 29.6 Å². The first-order chi connectivity index (χ1) is 15.7. The second-order valence-electron chi connectivity index (χ2n) is 11.8. The summed E-state index contributed by atoms with van der Waals surface area (Å²) in [5, 5.41) is 0. The predicted octanol–water partition coefficient (Wildman–Crippen LogP) is 9.25. The maximum Gasteiger partial charge on any atom is 0.306 e. The largest absolute Gasteiger partial charge is 0.462 e. The molecule has 0 saturated heterocycles. The highest BCUT2D eigenvalue weighted by Gasteiger charge is 2.35. The van der Waals surface area contributed by atoms with E-state index < -0.39 is 0 Å². The fraction of sp³-hybridized carbons (Fsp3) is 0.967. The van der Waals surface area contributed by atoms with Crippen LogP contribution in [0.5, 0.6) is 0 Å². The summed E-state index contributed by atoms with van der Waals surface area (Å²) in [6.07, 6.45) is 28.3. The lowest BCUT2D eigenvalue weighted by Gasteiger charge is -2.41. The molecule has 32 heavy (non-hydrogen) atoms. The van der Waals surface area contributed by atoms with E-state index in [0.717, 1.165) is 55.3 Å². The van der Waals surface area contributed by atoms with Crippen molar-refractivity contribution in [1.82, 2.24) is 0 Å². The van der Waals surface area contributed by atoms with Crippen LogP contribution in [0.25, 0.3) is 0 Å². The number of hydrogen-bond acceptors (Lipinski definition) is 2. The first kappa shape index (κ1) is 26.1. The summed E-state index contributed by atoms with van der Waals surface area (Å²) in [5.41, 5.74) is 0. The van der Waals surface area contributed by atoms with E-state index >= 15 is 0 Å². The molecule has 0 aromatic carbocycles.